The summed E-state index contributed by atoms with van der Waals surface area (Å²) in [7, 11) is -4.56. The van der Waals surface area contributed by atoms with Gasteiger partial charge in [-0.1, -0.05) is 42.5 Å². The van der Waals surface area contributed by atoms with E-state index in [0.717, 1.165) is 54.3 Å². The second-order valence-corrected chi connectivity index (χ2v) is 18.8. The number of rotatable bonds is 14. The molecule has 0 radical (unpaired) electrons. The van der Waals surface area contributed by atoms with Crippen molar-refractivity contribution in [3.63, 3.8) is 0 Å². The predicted molar refractivity (Wildman–Crippen MR) is 237 cm³/mol. The van der Waals surface area contributed by atoms with E-state index in [-0.39, 0.29) is 22.9 Å². The summed E-state index contributed by atoms with van der Waals surface area (Å²) in [5.74, 6) is 1.92. The normalized spacial score (nSPS) is 19.4. The Hall–Kier alpha value is -6.25. The number of nitro benzene ring substituents is 1. The molecule has 0 bridgehead atoms. The van der Waals surface area contributed by atoms with Crippen LogP contribution in [-0.4, -0.2) is 55.5 Å². The Balaban J connectivity index is 0.925. The summed E-state index contributed by atoms with van der Waals surface area (Å²) in [5.41, 5.74) is 6.17. The van der Waals surface area contributed by atoms with E-state index in [9.17, 15) is 23.3 Å². The van der Waals surface area contributed by atoms with Crippen molar-refractivity contribution in [1.82, 2.24) is 14.7 Å². The first-order chi connectivity index (χ1) is 30.2. The smallest absolute Gasteiger partial charge is 0.293 e. The Morgan fingerprint density at radius 2 is 1.66 bits per heavy atom. The lowest BCUT2D eigenvalue weighted by Crippen LogP contribution is -2.31. The molecule has 4 aromatic carbocycles. The van der Waals surface area contributed by atoms with E-state index in [0.29, 0.717) is 49.0 Å². The molecule has 62 heavy (non-hydrogen) atoms. The lowest BCUT2D eigenvalue weighted by atomic mass is 9.92. The van der Waals surface area contributed by atoms with Gasteiger partial charge in [0.1, 0.15) is 22.8 Å². The number of pyridine rings is 1. The average Bonchev–Trinajstić information content (AvgIpc) is 4.23. The second-order valence-electron chi connectivity index (χ2n) is 17.2. The maximum Gasteiger partial charge on any atom is 0.293 e. The van der Waals surface area contributed by atoms with Gasteiger partial charge in [-0.05, 0) is 139 Å². The zero-order chi connectivity index (χ0) is 42.4. The highest BCUT2D eigenvalue weighted by Crippen LogP contribution is 2.52. The first-order valence-corrected chi connectivity index (χ1v) is 23.0. The Labute approximate surface area is 360 Å². The number of nitrogens with one attached hydrogen (secondary N) is 3. The fourth-order valence-electron chi connectivity index (χ4n) is 9.28. The largest absolute Gasteiger partial charge is 0.455 e. The molecular weight excluding hydrogens is 805 g/mol. The summed E-state index contributed by atoms with van der Waals surface area (Å²) >= 11 is 0. The summed E-state index contributed by atoms with van der Waals surface area (Å²) in [6.45, 7) is 2.77. The lowest BCUT2D eigenvalue weighted by molar-refractivity contribution is -0.384. The summed E-state index contributed by atoms with van der Waals surface area (Å²) in [6, 6.07) is 30.0. The van der Waals surface area contributed by atoms with E-state index in [2.05, 4.69) is 73.4 Å². The summed E-state index contributed by atoms with van der Waals surface area (Å²) in [4.78, 5) is 35.1. The molecule has 0 spiro atoms. The highest BCUT2D eigenvalue weighted by molar-refractivity contribution is 7.90. The molecule has 2 saturated heterocycles. The summed E-state index contributed by atoms with van der Waals surface area (Å²) < 4.78 is 41.3. The van der Waals surface area contributed by atoms with Gasteiger partial charge in [-0.2, -0.15) is 0 Å². The molecule has 2 aliphatic carbocycles. The number of hydrogen-bond donors (Lipinski definition) is 3. The topological polar surface area (TPSA) is 169 Å². The number of benzene rings is 4. The van der Waals surface area contributed by atoms with Crippen LogP contribution in [0.3, 0.4) is 0 Å². The van der Waals surface area contributed by atoms with Crippen molar-refractivity contribution >= 4 is 44.0 Å². The van der Waals surface area contributed by atoms with Crippen molar-refractivity contribution in [1.29, 1.82) is 0 Å². The molecule has 2 aliphatic heterocycles. The molecule has 2 aromatic heterocycles. The molecular formula is C48H48N6O7S. The maximum atomic E-state index is 14.0. The van der Waals surface area contributed by atoms with Crippen molar-refractivity contribution in [2.45, 2.75) is 61.8 Å². The third kappa shape index (κ3) is 8.36. The number of nitrogens with zero attached hydrogens (tertiary/aromatic N) is 3. The van der Waals surface area contributed by atoms with Crippen molar-refractivity contribution in [3.05, 3.63) is 136 Å². The quantitative estimate of drug-likeness (QED) is 0.0709. The molecule has 1 amide bonds. The van der Waals surface area contributed by atoms with Crippen LogP contribution < -0.4 is 19.7 Å². The monoisotopic (exact) mass is 852 g/mol. The molecule has 318 valence electrons. The number of hydrogen-bond acceptors (Lipinski definition) is 10. The van der Waals surface area contributed by atoms with Crippen LogP contribution in [-0.2, 0) is 14.8 Å². The Morgan fingerprint density at radius 1 is 0.887 bits per heavy atom. The number of sulfonamides is 1. The third-order valence-corrected chi connectivity index (χ3v) is 14.3. The molecule has 4 aliphatic rings. The minimum Gasteiger partial charge on any atom is -0.455 e. The van der Waals surface area contributed by atoms with Crippen LogP contribution in [0.2, 0.25) is 0 Å². The Morgan fingerprint density at radius 3 is 2.42 bits per heavy atom. The van der Waals surface area contributed by atoms with Gasteiger partial charge in [0.25, 0.3) is 21.6 Å². The lowest BCUT2D eigenvalue weighted by Gasteiger charge is -2.29. The van der Waals surface area contributed by atoms with Crippen molar-refractivity contribution in [3.8, 4) is 22.6 Å². The second kappa shape index (κ2) is 16.6. The highest BCUT2D eigenvalue weighted by atomic mass is 32.2. The predicted octanol–water partition coefficient (Wildman–Crippen LogP) is 9.74. The van der Waals surface area contributed by atoms with E-state index < -0.39 is 31.4 Å². The van der Waals surface area contributed by atoms with E-state index >= 15 is 0 Å². The van der Waals surface area contributed by atoms with Crippen LogP contribution in [0.1, 0.15) is 78.4 Å². The molecule has 3 N–H and O–H groups in total. The van der Waals surface area contributed by atoms with Gasteiger partial charge < -0.3 is 24.7 Å². The number of nitro groups is 1. The van der Waals surface area contributed by atoms with Gasteiger partial charge in [-0.15, -0.1) is 0 Å². The molecule has 2 unspecified atom stereocenters. The van der Waals surface area contributed by atoms with Gasteiger partial charge in [-0.3, -0.25) is 14.9 Å². The number of H-pyrrole nitrogens is 1. The first-order valence-electron chi connectivity index (χ1n) is 21.5. The fourth-order valence-corrected chi connectivity index (χ4v) is 10.3. The number of carbonyl (C=O) groups excluding carboxylic acids is 1. The van der Waals surface area contributed by atoms with E-state index in [4.69, 9.17) is 9.47 Å². The number of ether oxygens (including phenoxy) is 2. The van der Waals surface area contributed by atoms with Crippen molar-refractivity contribution in [2.24, 2.45) is 17.8 Å². The molecule has 6 aromatic rings. The Kier molecular flexibility index (Phi) is 10.6. The number of amides is 1. The first kappa shape index (κ1) is 39.9. The molecule has 4 heterocycles. The highest BCUT2D eigenvalue weighted by Gasteiger charge is 2.43. The minimum absolute atomic E-state index is 0.0484. The van der Waals surface area contributed by atoms with E-state index in [1.165, 1.54) is 66.9 Å². The number of anilines is 2. The molecule has 10 rings (SSSR count). The van der Waals surface area contributed by atoms with Crippen LogP contribution in [0.15, 0.2) is 114 Å². The molecule has 14 heteroatoms. The van der Waals surface area contributed by atoms with Crippen LogP contribution >= 0.6 is 0 Å². The van der Waals surface area contributed by atoms with Crippen molar-refractivity contribution < 1.29 is 27.6 Å². The van der Waals surface area contributed by atoms with Crippen LogP contribution in [0, 0.1) is 27.9 Å². The number of aromatic nitrogens is 2. The Bertz CT molecular complexity index is 2760. The van der Waals surface area contributed by atoms with Gasteiger partial charge >= 0.3 is 0 Å². The zero-order valence-electron chi connectivity index (χ0n) is 34.2. The van der Waals surface area contributed by atoms with E-state index in [1.54, 1.807) is 24.4 Å². The van der Waals surface area contributed by atoms with Gasteiger partial charge in [0.2, 0.25) is 0 Å². The number of aromatic amines is 1. The summed E-state index contributed by atoms with van der Waals surface area (Å²) in [5, 5.41) is 16.0. The van der Waals surface area contributed by atoms with Gasteiger partial charge in [0, 0.05) is 49.6 Å². The van der Waals surface area contributed by atoms with Crippen LogP contribution in [0.5, 0.6) is 11.5 Å². The SMILES string of the molecule is O=C(NS(=O)(=O)c1ccc(NCC2CCOCC2)c([N+](=O)[O-])c1)c1ccc(-c2ccc(N3CC(C4CC4)CC3c3ccccc3C3CC3)cc2)cc1Oc1cnc2[nH]ccc2c1. The minimum atomic E-state index is -4.56. The van der Waals surface area contributed by atoms with E-state index in [1.807, 2.05) is 6.07 Å². The number of carbonyl (C=O) groups is 1. The van der Waals surface area contributed by atoms with Gasteiger partial charge in [-0.25, -0.2) is 18.1 Å². The third-order valence-electron chi connectivity index (χ3n) is 13.0. The summed E-state index contributed by atoms with van der Waals surface area (Å²) in [6.07, 6.45) is 11.3. The average molecular weight is 853 g/mol. The van der Waals surface area contributed by atoms with Gasteiger partial charge in [0.05, 0.1) is 27.6 Å². The molecule has 2 atom stereocenters. The number of fused-ring (bicyclic) bond motifs is 1. The standard InChI is InChI=1S/C48H48N6O7S/c55-48(52-62(58,59)39-14-16-43(45(26-39)54(56)57)50-27-30-18-21-60-22-19-30)42-15-11-34(25-46(42)61-38-23-35-17-20-49-47(35)51-28-38)31-9-12-37(13-10-31)53-29-36(32-5-6-32)24-44(53)41-4-2-1-3-40(41)33-7-8-33/h1-4,9-17,20,23,25-26,28,30,32-33,36,44,50H,5-8,18-19,21-22,24,27,29H2,(H,49,51)(H,52,55). The maximum absolute atomic E-state index is 14.0. The fraction of sp³-hybridized carbons (Fsp3) is 0.333. The van der Waals surface area contributed by atoms with Crippen molar-refractivity contribution in [2.75, 3.05) is 36.5 Å². The molecule has 4 fully saturated rings. The molecule has 13 nitrogen and oxygen atoms in total. The van der Waals surface area contributed by atoms with Gasteiger partial charge in [0.15, 0.2) is 0 Å². The van der Waals surface area contributed by atoms with Crippen LogP contribution in [0.25, 0.3) is 22.2 Å². The molecule has 2 saturated carbocycles. The van der Waals surface area contributed by atoms with Crippen LogP contribution in [0.4, 0.5) is 17.1 Å². The zero-order valence-corrected chi connectivity index (χ0v) is 35.0.